The molecule has 40 heavy (non-hydrogen) atoms. The lowest BCUT2D eigenvalue weighted by Crippen LogP contribution is -2.70. The van der Waals surface area contributed by atoms with E-state index in [0.717, 1.165) is 17.7 Å². The number of nitrogens with one attached hydrogen (secondary N) is 1. The lowest BCUT2D eigenvalue weighted by atomic mass is 9.97. The molecule has 7 heteroatoms. The molecule has 2 aliphatic heterocycles. The molecule has 2 heterocycles. The molecule has 0 aromatic heterocycles. The Morgan fingerprint density at radius 2 is 1.60 bits per heavy atom. The molecule has 2 aliphatic rings. The van der Waals surface area contributed by atoms with Crippen LogP contribution in [0.1, 0.15) is 23.1 Å². The monoisotopic (exact) mass is 534 g/mol. The van der Waals surface area contributed by atoms with Crippen LogP contribution in [0.2, 0.25) is 0 Å². The van der Waals surface area contributed by atoms with Gasteiger partial charge in [-0.3, -0.25) is 9.69 Å². The Kier molecular flexibility index (Phi) is 7.38. The largest absolute Gasteiger partial charge is 0.508 e. The van der Waals surface area contributed by atoms with Gasteiger partial charge in [0.1, 0.15) is 11.9 Å². The summed E-state index contributed by atoms with van der Waals surface area (Å²) in [6.45, 7) is 2.85. The summed E-state index contributed by atoms with van der Waals surface area (Å²) in [5.74, 6) is 0.309. The molecule has 204 valence electrons. The van der Waals surface area contributed by atoms with Crippen molar-refractivity contribution in [2.75, 3.05) is 19.6 Å². The molecule has 0 aliphatic carbocycles. The molecule has 6 rings (SSSR count). The number of hydrogen-bond donors (Lipinski definition) is 2. The molecule has 4 aromatic carbocycles. The van der Waals surface area contributed by atoms with Crippen LogP contribution in [0.25, 0.3) is 10.8 Å². The summed E-state index contributed by atoms with van der Waals surface area (Å²) in [4.78, 5) is 33.0. The van der Waals surface area contributed by atoms with E-state index in [1.54, 1.807) is 12.1 Å². The standard InChI is InChI=1S/C33H34N4O3/c38-29-15-13-24(14-16-29)19-28-22-35(21-27-11-6-10-26-9-4-5-12-30(26)27)23-31-36(18-17-32(39)37(28)31)33(40)34-20-25-7-2-1-3-8-25/h1-16,28,31,38H,17-23H2,(H,34,40)/t28-,31?/m0/s1. The van der Waals surface area contributed by atoms with E-state index in [-0.39, 0.29) is 29.9 Å². The highest BCUT2D eigenvalue weighted by Gasteiger charge is 2.44. The van der Waals surface area contributed by atoms with Crippen LogP contribution >= 0.6 is 0 Å². The van der Waals surface area contributed by atoms with E-state index in [0.29, 0.717) is 39.0 Å². The van der Waals surface area contributed by atoms with Gasteiger partial charge in [-0.15, -0.1) is 0 Å². The number of urea groups is 1. The average Bonchev–Trinajstić information content (AvgIpc) is 2.98. The van der Waals surface area contributed by atoms with Crippen molar-refractivity contribution < 1.29 is 14.7 Å². The maximum atomic E-state index is 13.5. The van der Waals surface area contributed by atoms with Crippen molar-refractivity contribution in [3.8, 4) is 5.75 Å². The summed E-state index contributed by atoms with van der Waals surface area (Å²) in [6.07, 6.45) is 0.599. The van der Waals surface area contributed by atoms with E-state index in [1.165, 1.54) is 16.3 Å². The summed E-state index contributed by atoms with van der Waals surface area (Å²) in [5, 5.41) is 15.3. The van der Waals surface area contributed by atoms with E-state index < -0.39 is 0 Å². The van der Waals surface area contributed by atoms with Gasteiger partial charge in [0, 0.05) is 39.1 Å². The number of benzene rings is 4. The van der Waals surface area contributed by atoms with Crippen LogP contribution < -0.4 is 5.32 Å². The molecular weight excluding hydrogens is 500 g/mol. The second kappa shape index (κ2) is 11.4. The number of phenols is 1. The highest BCUT2D eigenvalue weighted by molar-refractivity contribution is 5.85. The second-order valence-electron chi connectivity index (χ2n) is 10.7. The quantitative estimate of drug-likeness (QED) is 0.375. The minimum absolute atomic E-state index is 0.0886. The van der Waals surface area contributed by atoms with Crippen LogP contribution in [0, 0.1) is 0 Å². The van der Waals surface area contributed by atoms with Gasteiger partial charge in [0.15, 0.2) is 0 Å². The smallest absolute Gasteiger partial charge is 0.319 e. The molecule has 0 radical (unpaired) electrons. The van der Waals surface area contributed by atoms with Crippen LogP contribution in [0.4, 0.5) is 4.79 Å². The van der Waals surface area contributed by atoms with Gasteiger partial charge in [0.25, 0.3) is 0 Å². The summed E-state index contributed by atoms with van der Waals surface area (Å²) in [7, 11) is 0. The van der Waals surface area contributed by atoms with E-state index in [1.807, 2.05) is 52.3 Å². The zero-order valence-electron chi connectivity index (χ0n) is 22.4. The van der Waals surface area contributed by atoms with Gasteiger partial charge in [0.2, 0.25) is 5.91 Å². The van der Waals surface area contributed by atoms with Crippen molar-refractivity contribution in [2.45, 2.75) is 38.1 Å². The Hall–Kier alpha value is -4.36. The number of nitrogens with zero attached hydrogens (tertiary/aromatic N) is 3. The highest BCUT2D eigenvalue weighted by Crippen LogP contribution is 2.29. The summed E-state index contributed by atoms with van der Waals surface area (Å²) in [6, 6.07) is 31.6. The molecule has 0 bridgehead atoms. The van der Waals surface area contributed by atoms with Crippen LogP contribution in [0.3, 0.4) is 0 Å². The van der Waals surface area contributed by atoms with Crippen molar-refractivity contribution >= 4 is 22.7 Å². The predicted octanol–water partition coefficient (Wildman–Crippen LogP) is 4.74. The number of hydrogen-bond acceptors (Lipinski definition) is 4. The molecule has 4 aromatic rings. The molecule has 0 saturated carbocycles. The van der Waals surface area contributed by atoms with Crippen LogP contribution in [0.5, 0.6) is 5.75 Å². The van der Waals surface area contributed by atoms with E-state index in [2.05, 4.69) is 52.7 Å². The maximum absolute atomic E-state index is 13.5. The summed E-state index contributed by atoms with van der Waals surface area (Å²) < 4.78 is 0. The lowest BCUT2D eigenvalue weighted by Gasteiger charge is -2.53. The maximum Gasteiger partial charge on any atom is 0.319 e. The Morgan fingerprint density at radius 3 is 2.42 bits per heavy atom. The van der Waals surface area contributed by atoms with Gasteiger partial charge >= 0.3 is 6.03 Å². The average molecular weight is 535 g/mol. The van der Waals surface area contributed by atoms with E-state index >= 15 is 0 Å². The molecule has 0 spiro atoms. The van der Waals surface area contributed by atoms with Crippen molar-refractivity contribution in [2.24, 2.45) is 0 Å². The van der Waals surface area contributed by atoms with Crippen molar-refractivity contribution in [1.29, 1.82) is 0 Å². The molecule has 3 amide bonds. The molecular formula is C33H34N4O3. The van der Waals surface area contributed by atoms with Crippen LogP contribution in [-0.4, -0.2) is 63.6 Å². The number of carbonyl (C=O) groups is 2. The number of amides is 3. The Morgan fingerprint density at radius 1 is 0.850 bits per heavy atom. The first kappa shape index (κ1) is 25.9. The summed E-state index contributed by atoms with van der Waals surface area (Å²) in [5.41, 5.74) is 3.32. The molecule has 2 N–H and O–H groups in total. The Bertz CT molecular complexity index is 1490. The zero-order valence-corrected chi connectivity index (χ0v) is 22.4. The first-order chi connectivity index (χ1) is 19.5. The molecule has 2 atom stereocenters. The minimum atomic E-state index is -0.358. The third kappa shape index (κ3) is 5.51. The fourth-order valence-corrected chi connectivity index (χ4v) is 6.11. The molecule has 1 unspecified atom stereocenters. The van der Waals surface area contributed by atoms with Crippen LogP contribution in [-0.2, 0) is 24.3 Å². The third-order valence-corrected chi connectivity index (χ3v) is 8.05. The second-order valence-corrected chi connectivity index (χ2v) is 10.7. The van der Waals surface area contributed by atoms with Gasteiger partial charge < -0.3 is 20.2 Å². The Balaban J connectivity index is 1.28. The SMILES string of the molecule is O=C(NCc1ccccc1)N1CCC(=O)N2C1CN(Cc1cccc3ccccc13)C[C@@H]2Cc1ccc(O)cc1. The third-order valence-electron chi connectivity index (χ3n) is 8.05. The number of carbonyl (C=O) groups excluding carboxylic acids is 2. The first-order valence-electron chi connectivity index (χ1n) is 13.9. The van der Waals surface area contributed by atoms with Gasteiger partial charge in [0.05, 0.1) is 6.04 Å². The fourth-order valence-electron chi connectivity index (χ4n) is 6.11. The van der Waals surface area contributed by atoms with Crippen molar-refractivity contribution in [1.82, 2.24) is 20.0 Å². The normalized spacial score (nSPS) is 19.4. The lowest BCUT2D eigenvalue weighted by molar-refractivity contribution is -0.153. The number of piperazine rings is 1. The van der Waals surface area contributed by atoms with Crippen molar-refractivity contribution in [3.05, 3.63) is 114 Å². The summed E-state index contributed by atoms with van der Waals surface area (Å²) >= 11 is 0. The van der Waals surface area contributed by atoms with Gasteiger partial charge in [-0.05, 0) is 46.0 Å². The predicted molar refractivity (Wildman–Crippen MR) is 155 cm³/mol. The zero-order chi connectivity index (χ0) is 27.5. The minimum Gasteiger partial charge on any atom is -0.508 e. The first-order valence-corrected chi connectivity index (χ1v) is 13.9. The highest BCUT2D eigenvalue weighted by atomic mass is 16.3. The van der Waals surface area contributed by atoms with Gasteiger partial charge in [-0.25, -0.2) is 4.79 Å². The number of fused-ring (bicyclic) bond motifs is 2. The number of rotatable bonds is 6. The molecule has 2 saturated heterocycles. The Labute approximate surface area is 234 Å². The molecule has 2 fully saturated rings. The number of aromatic hydroxyl groups is 1. The fraction of sp³-hybridized carbons (Fsp3) is 0.273. The van der Waals surface area contributed by atoms with E-state index in [4.69, 9.17) is 0 Å². The van der Waals surface area contributed by atoms with Crippen LogP contribution in [0.15, 0.2) is 97.1 Å². The topological polar surface area (TPSA) is 76.1 Å². The molecule has 7 nitrogen and oxygen atoms in total. The number of phenolic OH excluding ortho intramolecular Hbond substituents is 1. The van der Waals surface area contributed by atoms with Crippen molar-refractivity contribution in [3.63, 3.8) is 0 Å². The van der Waals surface area contributed by atoms with E-state index in [9.17, 15) is 14.7 Å². The van der Waals surface area contributed by atoms with Gasteiger partial charge in [-0.1, -0.05) is 84.9 Å². The van der Waals surface area contributed by atoms with Gasteiger partial charge in [-0.2, -0.15) is 0 Å².